The molecule has 4 rings (SSSR count). The number of hydrogen-bond acceptors (Lipinski definition) is 6. The van der Waals surface area contributed by atoms with E-state index in [4.69, 9.17) is 21.7 Å². The van der Waals surface area contributed by atoms with Crippen LogP contribution in [0.1, 0.15) is 19.4 Å². The van der Waals surface area contributed by atoms with Crippen LogP contribution in [0.25, 0.3) is 0 Å². The molecular weight excluding hydrogens is 426 g/mol. The van der Waals surface area contributed by atoms with E-state index in [2.05, 4.69) is 26.6 Å². The molecule has 10 heteroatoms. The second kappa shape index (κ2) is 5.40. The molecule has 136 valence electrons. The van der Waals surface area contributed by atoms with Gasteiger partial charge in [-0.05, 0) is 38.2 Å². The smallest absolute Gasteiger partial charge is 0.417 e. The van der Waals surface area contributed by atoms with Crippen molar-refractivity contribution in [3.05, 3.63) is 28.2 Å². The zero-order valence-electron chi connectivity index (χ0n) is 13.8. The molecule has 0 unspecified atom stereocenters. The Bertz CT molecular complexity index is 889. The van der Waals surface area contributed by atoms with Crippen LogP contribution in [0.4, 0.5) is 10.5 Å². The minimum atomic E-state index is -1.68. The number of imide groups is 1. The first kappa shape index (κ1) is 17.2. The second-order valence-electron chi connectivity index (χ2n) is 6.89. The number of cyclic esters (lactones) is 1. The summed E-state index contributed by atoms with van der Waals surface area (Å²) in [6.45, 7) is 3.48. The summed E-state index contributed by atoms with van der Waals surface area (Å²) in [6, 6.07) is 3.94. The van der Waals surface area contributed by atoms with Crippen molar-refractivity contribution < 1.29 is 23.9 Å². The van der Waals surface area contributed by atoms with Crippen LogP contribution in [0.5, 0.6) is 0 Å². The van der Waals surface area contributed by atoms with Gasteiger partial charge in [0.15, 0.2) is 6.04 Å². The molecule has 8 nitrogen and oxygen atoms in total. The van der Waals surface area contributed by atoms with Crippen molar-refractivity contribution in [3.8, 4) is 0 Å². The van der Waals surface area contributed by atoms with Gasteiger partial charge in [-0.3, -0.25) is 9.59 Å². The van der Waals surface area contributed by atoms with E-state index in [1.807, 2.05) is 0 Å². The Morgan fingerprint density at radius 3 is 2.77 bits per heavy atom. The molecule has 26 heavy (non-hydrogen) atoms. The van der Waals surface area contributed by atoms with Crippen molar-refractivity contribution >= 4 is 56.9 Å². The van der Waals surface area contributed by atoms with E-state index < -0.39 is 35.1 Å². The standard InChI is InChI=1S/C16H14BrN3O5S/c1-15(2)6-24-14(23)20(15)11(21)10-16(25-13(26)19-10)8-4-3-7(17)5-9(8)18-12(16)22/h3-5,10H,6H2,1-2H3,(H,18,22)(H,19,26)/t10-,16-/m1/s1. The molecule has 3 aliphatic rings. The molecule has 0 radical (unpaired) electrons. The molecule has 0 aromatic heterocycles. The highest BCUT2D eigenvalue weighted by molar-refractivity contribution is 9.10. The van der Waals surface area contributed by atoms with E-state index >= 15 is 0 Å². The molecule has 0 saturated carbocycles. The Hall–Kier alpha value is -2.20. The summed E-state index contributed by atoms with van der Waals surface area (Å²) < 4.78 is 11.4. The number of rotatable bonds is 1. The van der Waals surface area contributed by atoms with Crippen LogP contribution in [0, 0.1) is 0 Å². The van der Waals surface area contributed by atoms with Crippen molar-refractivity contribution in [3.63, 3.8) is 0 Å². The number of amides is 3. The molecule has 3 heterocycles. The highest BCUT2D eigenvalue weighted by atomic mass is 79.9. The average molecular weight is 440 g/mol. The second-order valence-corrected chi connectivity index (χ2v) is 8.17. The van der Waals surface area contributed by atoms with Gasteiger partial charge in [0.25, 0.3) is 17.0 Å². The Morgan fingerprint density at radius 1 is 1.38 bits per heavy atom. The van der Waals surface area contributed by atoms with Crippen LogP contribution >= 0.6 is 28.1 Å². The van der Waals surface area contributed by atoms with Crippen LogP contribution in [0.15, 0.2) is 22.7 Å². The van der Waals surface area contributed by atoms with E-state index in [9.17, 15) is 14.4 Å². The summed E-state index contributed by atoms with van der Waals surface area (Å²) in [5, 5.41) is 5.38. The highest BCUT2D eigenvalue weighted by Crippen LogP contribution is 2.46. The molecular formula is C16H14BrN3O5S. The first-order valence-electron chi connectivity index (χ1n) is 7.78. The van der Waals surface area contributed by atoms with Crippen molar-refractivity contribution in [1.82, 2.24) is 10.2 Å². The fourth-order valence-electron chi connectivity index (χ4n) is 3.49. The average Bonchev–Trinajstić information content (AvgIpc) is 3.13. The minimum Gasteiger partial charge on any atom is -0.447 e. The normalized spacial score (nSPS) is 28.5. The van der Waals surface area contributed by atoms with Gasteiger partial charge in [-0.15, -0.1) is 0 Å². The molecule has 2 N–H and O–H groups in total. The maximum absolute atomic E-state index is 13.2. The number of carbonyl (C=O) groups excluding carboxylic acids is 3. The third-order valence-corrected chi connectivity index (χ3v) is 5.39. The van der Waals surface area contributed by atoms with Gasteiger partial charge in [0.05, 0.1) is 5.54 Å². The molecule has 3 aliphatic heterocycles. The first-order chi connectivity index (χ1) is 12.2. The summed E-state index contributed by atoms with van der Waals surface area (Å²) >= 11 is 8.43. The van der Waals surface area contributed by atoms with E-state index in [1.54, 1.807) is 32.0 Å². The molecule has 2 atom stereocenters. The zero-order chi connectivity index (χ0) is 18.9. The Morgan fingerprint density at radius 2 is 2.12 bits per heavy atom. The molecule has 1 spiro atoms. The lowest BCUT2D eigenvalue weighted by molar-refractivity contribution is -0.144. The van der Waals surface area contributed by atoms with Crippen LogP contribution < -0.4 is 10.6 Å². The summed E-state index contributed by atoms with van der Waals surface area (Å²) in [5.74, 6) is -1.16. The summed E-state index contributed by atoms with van der Waals surface area (Å²) in [4.78, 5) is 39.2. The summed E-state index contributed by atoms with van der Waals surface area (Å²) in [6.07, 6.45) is -0.760. The van der Waals surface area contributed by atoms with Crippen LogP contribution in [0.2, 0.25) is 0 Å². The number of anilines is 1. The van der Waals surface area contributed by atoms with Crippen LogP contribution in [-0.4, -0.2) is 46.2 Å². The first-order valence-corrected chi connectivity index (χ1v) is 8.99. The lowest BCUT2D eigenvalue weighted by Gasteiger charge is -2.32. The fourth-order valence-corrected chi connectivity index (χ4v) is 4.10. The van der Waals surface area contributed by atoms with Crippen molar-refractivity contribution in [2.75, 3.05) is 11.9 Å². The van der Waals surface area contributed by atoms with Gasteiger partial charge in [0.2, 0.25) is 5.60 Å². The van der Waals surface area contributed by atoms with E-state index in [0.29, 0.717) is 11.3 Å². The quantitative estimate of drug-likeness (QED) is 0.641. The molecule has 0 bridgehead atoms. The van der Waals surface area contributed by atoms with Crippen LogP contribution in [0.3, 0.4) is 0 Å². The predicted octanol–water partition coefficient (Wildman–Crippen LogP) is 1.63. The van der Waals surface area contributed by atoms with Gasteiger partial charge in [0.1, 0.15) is 6.61 Å². The number of fused-ring (bicyclic) bond motifs is 2. The zero-order valence-corrected chi connectivity index (χ0v) is 16.2. The molecule has 1 aromatic carbocycles. The van der Waals surface area contributed by atoms with Crippen molar-refractivity contribution in [2.24, 2.45) is 0 Å². The SMILES string of the molecule is CC1(C)COC(=O)N1C(=O)[C@H]1NC(=S)O[C@@]12C(=O)Nc1cc(Br)ccc12. The molecule has 3 amide bonds. The lowest BCUT2D eigenvalue weighted by Crippen LogP contribution is -2.59. The Balaban J connectivity index is 1.82. The number of benzene rings is 1. The highest BCUT2D eigenvalue weighted by Gasteiger charge is 2.64. The van der Waals surface area contributed by atoms with Gasteiger partial charge in [-0.1, -0.05) is 22.0 Å². The lowest BCUT2D eigenvalue weighted by atomic mass is 9.86. The largest absolute Gasteiger partial charge is 0.447 e. The van der Waals surface area contributed by atoms with Gasteiger partial charge >= 0.3 is 6.09 Å². The van der Waals surface area contributed by atoms with E-state index in [-0.39, 0.29) is 11.8 Å². The van der Waals surface area contributed by atoms with Crippen LogP contribution in [-0.2, 0) is 24.7 Å². The third kappa shape index (κ3) is 2.18. The van der Waals surface area contributed by atoms with Gasteiger partial charge in [-0.2, -0.15) is 0 Å². The number of halogens is 1. The summed E-state index contributed by atoms with van der Waals surface area (Å²) in [5.41, 5.74) is -1.54. The van der Waals surface area contributed by atoms with E-state index in [1.165, 1.54) is 0 Å². The Kier molecular flexibility index (Phi) is 3.58. The number of hydrogen-bond donors (Lipinski definition) is 2. The predicted molar refractivity (Wildman–Crippen MR) is 97.3 cm³/mol. The maximum Gasteiger partial charge on any atom is 0.417 e. The van der Waals surface area contributed by atoms with E-state index in [0.717, 1.165) is 9.37 Å². The fraction of sp³-hybridized carbons (Fsp3) is 0.375. The van der Waals surface area contributed by atoms with Gasteiger partial charge in [-0.25, -0.2) is 9.69 Å². The molecule has 0 aliphatic carbocycles. The number of thiocarbonyl (C=S) groups is 1. The third-order valence-electron chi connectivity index (χ3n) is 4.69. The van der Waals surface area contributed by atoms with Gasteiger partial charge < -0.3 is 20.1 Å². The maximum atomic E-state index is 13.2. The molecule has 2 fully saturated rings. The van der Waals surface area contributed by atoms with Crippen molar-refractivity contribution in [1.29, 1.82) is 0 Å². The summed E-state index contributed by atoms with van der Waals surface area (Å²) in [7, 11) is 0. The Labute approximate surface area is 162 Å². The van der Waals surface area contributed by atoms with Crippen molar-refractivity contribution in [2.45, 2.75) is 31.0 Å². The number of ether oxygens (including phenoxy) is 2. The minimum absolute atomic E-state index is 0.0678. The number of nitrogens with zero attached hydrogens (tertiary/aromatic N) is 1. The number of carbonyl (C=O) groups is 3. The molecule has 2 saturated heterocycles. The van der Waals surface area contributed by atoms with Gasteiger partial charge in [0, 0.05) is 15.7 Å². The molecule has 1 aromatic rings. The number of nitrogens with one attached hydrogen (secondary N) is 2. The topological polar surface area (TPSA) is 97.0 Å². The monoisotopic (exact) mass is 439 g/mol.